The van der Waals surface area contributed by atoms with E-state index < -0.39 is 0 Å². The maximum atomic E-state index is 11.1. The number of nitrogens with one attached hydrogen (secondary N) is 1. The zero-order valence-electron chi connectivity index (χ0n) is 13.8. The van der Waals surface area contributed by atoms with Crippen LogP contribution in [-0.2, 0) is 11.2 Å². The molecule has 2 aromatic rings. The zero-order valence-corrected chi connectivity index (χ0v) is 13.8. The molecule has 0 unspecified atom stereocenters. The SMILES string of the molecule is CC(=O)CCc1cccc(OC2=NNN(C)N2c2ccccc2)c1. The van der Waals surface area contributed by atoms with Crippen molar-refractivity contribution >= 4 is 17.5 Å². The summed E-state index contributed by atoms with van der Waals surface area (Å²) in [6, 6.07) is 18.0. The summed E-state index contributed by atoms with van der Waals surface area (Å²) in [5.74, 6) is 0.871. The van der Waals surface area contributed by atoms with Crippen molar-refractivity contribution in [2.45, 2.75) is 19.8 Å². The van der Waals surface area contributed by atoms with Crippen LogP contribution in [-0.4, -0.2) is 24.0 Å². The number of rotatable bonds is 5. The Morgan fingerprint density at radius 2 is 1.96 bits per heavy atom. The molecule has 124 valence electrons. The Morgan fingerprint density at radius 3 is 2.71 bits per heavy atom. The highest BCUT2D eigenvalue weighted by Crippen LogP contribution is 2.21. The van der Waals surface area contributed by atoms with E-state index >= 15 is 0 Å². The van der Waals surface area contributed by atoms with Crippen molar-refractivity contribution in [1.29, 1.82) is 0 Å². The number of hydrogen-bond donors (Lipinski definition) is 1. The lowest BCUT2D eigenvalue weighted by Gasteiger charge is -2.25. The molecule has 0 saturated heterocycles. The molecule has 0 saturated carbocycles. The number of benzene rings is 2. The van der Waals surface area contributed by atoms with Gasteiger partial charge in [-0.15, -0.1) is 10.2 Å². The Hall–Kier alpha value is -2.86. The van der Waals surface area contributed by atoms with Crippen LogP contribution in [0, 0.1) is 0 Å². The number of para-hydroxylation sites is 1. The molecular weight excluding hydrogens is 304 g/mol. The van der Waals surface area contributed by atoms with Gasteiger partial charge in [0.15, 0.2) is 0 Å². The van der Waals surface area contributed by atoms with Crippen LogP contribution < -0.4 is 15.3 Å². The highest BCUT2D eigenvalue weighted by Gasteiger charge is 2.26. The second kappa shape index (κ2) is 7.14. The normalized spacial score (nSPS) is 14.2. The van der Waals surface area contributed by atoms with Gasteiger partial charge in [-0.1, -0.05) is 30.3 Å². The van der Waals surface area contributed by atoms with Gasteiger partial charge in [0.05, 0.1) is 5.69 Å². The van der Waals surface area contributed by atoms with E-state index in [0.717, 1.165) is 11.3 Å². The van der Waals surface area contributed by atoms with Gasteiger partial charge < -0.3 is 9.53 Å². The van der Waals surface area contributed by atoms with Gasteiger partial charge in [0.1, 0.15) is 11.5 Å². The molecule has 0 amide bonds. The number of Topliss-reactive ketones (excluding diaryl/α,β-unsaturated/α-hetero) is 1. The molecule has 6 heteroatoms. The number of aryl methyl sites for hydroxylation is 1. The van der Waals surface area contributed by atoms with E-state index in [0.29, 0.717) is 24.6 Å². The van der Waals surface area contributed by atoms with Crippen LogP contribution in [0.3, 0.4) is 0 Å². The molecule has 2 aromatic carbocycles. The third-order valence-electron chi connectivity index (χ3n) is 3.65. The summed E-state index contributed by atoms with van der Waals surface area (Å²) in [5.41, 5.74) is 4.88. The molecular formula is C18H20N4O2. The lowest BCUT2D eigenvalue weighted by molar-refractivity contribution is -0.116. The van der Waals surface area contributed by atoms with E-state index in [1.165, 1.54) is 0 Å². The summed E-state index contributed by atoms with van der Waals surface area (Å²) in [5, 5.41) is 7.79. The van der Waals surface area contributed by atoms with Gasteiger partial charge in [0, 0.05) is 13.5 Å². The van der Waals surface area contributed by atoms with E-state index in [9.17, 15) is 4.79 Å². The topological polar surface area (TPSA) is 57.2 Å². The molecule has 3 rings (SSSR count). The van der Waals surface area contributed by atoms with Crippen LogP contribution >= 0.6 is 0 Å². The predicted octanol–water partition coefficient (Wildman–Crippen LogP) is 2.73. The molecule has 0 bridgehead atoms. The standard InChI is InChI=1S/C18H20N4O2/c1-14(23)11-12-15-7-6-10-17(13-15)24-18-19-20-21(2)22(18)16-8-4-3-5-9-16/h3-10,13,20H,11-12H2,1-2H3. The number of ketones is 1. The predicted molar refractivity (Wildman–Crippen MR) is 93.3 cm³/mol. The molecule has 1 aliphatic heterocycles. The minimum absolute atomic E-state index is 0.183. The highest BCUT2D eigenvalue weighted by atomic mass is 16.5. The molecule has 24 heavy (non-hydrogen) atoms. The van der Waals surface area contributed by atoms with Gasteiger partial charge in [-0.25, -0.2) is 10.5 Å². The molecule has 0 atom stereocenters. The van der Waals surface area contributed by atoms with Crippen LogP contribution in [0.1, 0.15) is 18.9 Å². The third-order valence-corrected chi connectivity index (χ3v) is 3.65. The van der Waals surface area contributed by atoms with Crippen LogP contribution in [0.25, 0.3) is 0 Å². The van der Waals surface area contributed by atoms with Gasteiger partial charge in [-0.3, -0.25) is 0 Å². The summed E-state index contributed by atoms with van der Waals surface area (Å²) in [4.78, 5) is 11.1. The van der Waals surface area contributed by atoms with Crippen molar-refractivity contribution in [1.82, 2.24) is 10.7 Å². The van der Waals surface area contributed by atoms with Gasteiger partial charge >= 0.3 is 6.02 Å². The zero-order chi connectivity index (χ0) is 16.9. The fourth-order valence-corrected chi connectivity index (χ4v) is 2.44. The number of carbonyl (C=O) groups is 1. The van der Waals surface area contributed by atoms with Crippen LogP contribution in [0.15, 0.2) is 59.7 Å². The average molecular weight is 324 g/mol. The highest BCUT2D eigenvalue weighted by molar-refractivity contribution is 5.93. The molecule has 0 spiro atoms. The molecule has 6 nitrogen and oxygen atoms in total. The molecule has 0 fully saturated rings. The maximum Gasteiger partial charge on any atom is 0.337 e. The average Bonchev–Trinajstić information content (AvgIpc) is 2.94. The Kier molecular flexibility index (Phi) is 4.77. The van der Waals surface area contributed by atoms with Crippen LogP contribution in [0.5, 0.6) is 5.75 Å². The maximum absolute atomic E-state index is 11.1. The first-order valence-corrected chi connectivity index (χ1v) is 7.82. The van der Waals surface area contributed by atoms with Gasteiger partial charge in [0.25, 0.3) is 0 Å². The van der Waals surface area contributed by atoms with Crippen molar-refractivity contribution in [2.75, 3.05) is 12.1 Å². The summed E-state index contributed by atoms with van der Waals surface area (Å²) in [6.45, 7) is 1.60. The molecule has 0 radical (unpaired) electrons. The van der Waals surface area contributed by atoms with Crippen molar-refractivity contribution < 1.29 is 9.53 Å². The number of anilines is 1. The lowest BCUT2D eigenvalue weighted by Crippen LogP contribution is -2.44. The minimum atomic E-state index is 0.183. The second-order valence-corrected chi connectivity index (χ2v) is 5.62. The van der Waals surface area contributed by atoms with Crippen LogP contribution in [0.2, 0.25) is 0 Å². The fourth-order valence-electron chi connectivity index (χ4n) is 2.44. The van der Waals surface area contributed by atoms with E-state index in [4.69, 9.17) is 4.74 Å². The lowest BCUT2D eigenvalue weighted by atomic mass is 10.1. The monoisotopic (exact) mass is 324 g/mol. The van der Waals surface area contributed by atoms with E-state index in [2.05, 4.69) is 10.6 Å². The van der Waals surface area contributed by atoms with Crippen LogP contribution in [0.4, 0.5) is 5.69 Å². The van der Waals surface area contributed by atoms with Crippen molar-refractivity contribution in [3.8, 4) is 5.75 Å². The number of hydrogen-bond acceptors (Lipinski definition) is 6. The molecule has 1 aliphatic rings. The van der Waals surface area contributed by atoms with Crippen molar-refractivity contribution in [3.63, 3.8) is 0 Å². The molecule has 0 aliphatic carbocycles. The first kappa shape index (κ1) is 16.0. The van der Waals surface area contributed by atoms with Crippen molar-refractivity contribution in [2.24, 2.45) is 5.10 Å². The third kappa shape index (κ3) is 3.72. The Bertz CT molecular complexity index is 746. The smallest absolute Gasteiger partial charge is 0.337 e. The number of amidine groups is 1. The molecule has 1 heterocycles. The summed E-state index contributed by atoms with van der Waals surface area (Å²) in [7, 11) is 1.86. The Morgan fingerprint density at radius 1 is 1.17 bits per heavy atom. The van der Waals surface area contributed by atoms with Gasteiger partial charge in [0.2, 0.25) is 0 Å². The largest absolute Gasteiger partial charge is 0.423 e. The molecule has 1 N–H and O–H groups in total. The first-order valence-electron chi connectivity index (χ1n) is 7.82. The van der Waals surface area contributed by atoms with E-state index in [-0.39, 0.29) is 5.78 Å². The summed E-state index contributed by atoms with van der Waals surface area (Å²) >= 11 is 0. The van der Waals surface area contributed by atoms with Gasteiger partial charge in [-0.2, -0.15) is 0 Å². The number of carbonyl (C=O) groups excluding carboxylic acids is 1. The summed E-state index contributed by atoms with van der Waals surface area (Å²) in [6.07, 6.45) is 1.24. The minimum Gasteiger partial charge on any atom is -0.423 e. The number of nitrogens with zero attached hydrogens (tertiary/aromatic N) is 3. The number of ether oxygens (including phenoxy) is 1. The van der Waals surface area contributed by atoms with Crippen molar-refractivity contribution in [3.05, 3.63) is 60.2 Å². The fraction of sp³-hybridized carbons (Fsp3) is 0.222. The number of hydrazone groups is 1. The Balaban J connectivity index is 1.75. The van der Waals surface area contributed by atoms with E-state index in [1.807, 2.05) is 66.7 Å². The second-order valence-electron chi connectivity index (χ2n) is 5.62. The van der Waals surface area contributed by atoms with Gasteiger partial charge in [-0.05, 0) is 43.2 Å². The quantitative estimate of drug-likeness (QED) is 0.916. The molecule has 0 aromatic heterocycles. The van der Waals surface area contributed by atoms with E-state index in [1.54, 1.807) is 12.0 Å². The number of hydrazine groups is 2. The Labute approximate surface area is 141 Å². The first-order chi connectivity index (χ1) is 11.6. The summed E-state index contributed by atoms with van der Waals surface area (Å²) < 4.78 is 5.95.